The minimum Gasteiger partial charge on any atom is -0.320 e. The number of nitrogens with two attached hydrogens (primary N) is 1. The molecule has 0 amide bonds. The zero-order valence-corrected chi connectivity index (χ0v) is 12.9. The molecule has 0 heterocycles. The van der Waals surface area contributed by atoms with Gasteiger partial charge in [0.2, 0.25) is 0 Å². The van der Waals surface area contributed by atoms with Crippen LogP contribution in [0.1, 0.15) is 22.7 Å². The van der Waals surface area contributed by atoms with E-state index in [-0.39, 0.29) is 5.82 Å². The van der Waals surface area contributed by atoms with Crippen molar-refractivity contribution in [1.29, 1.82) is 0 Å². The van der Waals surface area contributed by atoms with Crippen molar-refractivity contribution in [3.05, 3.63) is 67.9 Å². The molecule has 0 fully saturated rings. The van der Waals surface area contributed by atoms with Crippen LogP contribution in [0.3, 0.4) is 0 Å². The molecule has 2 aromatic carbocycles. The van der Waals surface area contributed by atoms with Crippen LogP contribution in [0, 0.1) is 12.7 Å². The summed E-state index contributed by atoms with van der Waals surface area (Å²) in [6, 6.07) is 10.1. The quantitative estimate of drug-likeness (QED) is 0.811. The Balaban J connectivity index is 2.51. The van der Waals surface area contributed by atoms with E-state index in [0.29, 0.717) is 5.56 Å². The lowest BCUT2D eigenvalue weighted by Crippen LogP contribution is -2.15. The van der Waals surface area contributed by atoms with E-state index in [9.17, 15) is 4.39 Å². The number of hydrogen-bond acceptors (Lipinski definition) is 1. The summed E-state index contributed by atoms with van der Waals surface area (Å²) in [5, 5.41) is 0. The molecule has 0 aliphatic heterocycles. The van der Waals surface area contributed by atoms with Crippen molar-refractivity contribution in [3.63, 3.8) is 0 Å². The fraction of sp³-hybridized carbons (Fsp3) is 0.143. The van der Waals surface area contributed by atoms with Crippen molar-refractivity contribution >= 4 is 31.9 Å². The van der Waals surface area contributed by atoms with Crippen LogP contribution in [-0.4, -0.2) is 0 Å². The second kappa shape index (κ2) is 5.51. The molecule has 0 radical (unpaired) electrons. The van der Waals surface area contributed by atoms with Crippen LogP contribution < -0.4 is 5.73 Å². The molecule has 1 unspecified atom stereocenters. The molecular weight excluding hydrogens is 361 g/mol. The first-order chi connectivity index (χ1) is 8.50. The first-order valence-corrected chi connectivity index (χ1v) is 7.05. The lowest BCUT2D eigenvalue weighted by atomic mass is 9.95. The van der Waals surface area contributed by atoms with E-state index < -0.39 is 6.04 Å². The normalized spacial score (nSPS) is 12.5. The van der Waals surface area contributed by atoms with Crippen LogP contribution in [-0.2, 0) is 0 Å². The molecule has 0 aliphatic rings. The van der Waals surface area contributed by atoms with Crippen molar-refractivity contribution in [3.8, 4) is 0 Å². The summed E-state index contributed by atoms with van der Waals surface area (Å²) in [7, 11) is 0. The molecule has 2 N–H and O–H groups in total. The van der Waals surface area contributed by atoms with Crippen LogP contribution in [0.15, 0.2) is 45.3 Å². The van der Waals surface area contributed by atoms with Gasteiger partial charge in [0.1, 0.15) is 5.82 Å². The van der Waals surface area contributed by atoms with Gasteiger partial charge in [0.05, 0.1) is 6.04 Å². The molecule has 0 saturated carbocycles. The Morgan fingerprint density at radius 1 is 1.11 bits per heavy atom. The zero-order chi connectivity index (χ0) is 13.3. The van der Waals surface area contributed by atoms with Gasteiger partial charge in [-0.05, 0) is 42.3 Å². The average Bonchev–Trinajstić information content (AvgIpc) is 2.35. The third-order valence-electron chi connectivity index (χ3n) is 2.94. The fourth-order valence-electron chi connectivity index (χ4n) is 1.88. The van der Waals surface area contributed by atoms with E-state index in [1.54, 1.807) is 12.1 Å². The molecule has 1 nitrogen and oxygen atoms in total. The Bertz CT molecular complexity index is 582. The summed E-state index contributed by atoms with van der Waals surface area (Å²) in [4.78, 5) is 0. The Morgan fingerprint density at radius 3 is 2.56 bits per heavy atom. The third-order valence-corrected chi connectivity index (χ3v) is 4.29. The largest absolute Gasteiger partial charge is 0.320 e. The highest BCUT2D eigenvalue weighted by atomic mass is 79.9. The fourth-order valence-corrected chi connectivity index (χ4v) is 2.64. The average molecular weight is 373 g/mol. The topological polar surface area (TPSA) is 26.0 Å². The number of halogens is 3. The van der Waals surface area contributed by atoms with Crippen LogP contribution >= 0.6 is 31.9 Å². The van der Waals surface area contributed by atoms with Gasteiger partial charge in [0.15, 0.2) is 0 Å². The lowest BCUT2D eigenvalue weighted by Gasteiger charge is -2.17. The van der Waals surface area contributed by atoms with Crippen molar-refractivity contribution in [2.45, 2.75) is 13.0 Å². The van der Waals surface area contributed by atoms with Crippen LogP contribution in [0.4, 0.5) is 4.39 Å². The van der Waals surface area contributed by atoms with Gasteiger partial charge < -0.3 is 5.73 Å². The molecule has 4 heteroatoms. The minimum atomic E-state index is -0.472. The van der Waals surface area contributed by atoms with E-state index in [0.717, 1.165) is 20.1 Å². The van der Waals surface area contributed by atoms with Gasteiger partial charge in [0.25, 0.3) is 0 Å². The number of benzene rings is 2. The van der Waals surface area contributed by atoms with E-state index >= 15 is 0 Å². The van der Waals surface area contributed by atoms with E-state index in [1.165, 1.54) is 6.07 Å². The highest BCUT2D eigenvalue weighted by molar-refractivity contribution is 9.10. The van der Waals surface area contributed by atoms with E-state index in [1.807, 2.05) is 25.1 Å². The Labute approximate surface area is 122 Å². The summed E-state index contributed by atoms with van der Waals surface area (Å²) in [5.74, 6) is -0.287. The molecule has 2 rings (SSSR count). The van der Waals surface area contributed by atoms with E-state index in [4.69, 9.17) is 5.73 Å². The Morgan fingerprint density at radius 2 is 1.83 bits per heavy atom. The third kappa shape index (κ3) is 2.66. The van der Waals surface area contributed by atoms with Gasteiger partial charge >= 0.3 is 0 Å². The van der Waals surface area contributed by atoms with Gasteiger partial charge in [-0.3, -0.25) is 0 Å². The number of rotatable bonds is 2. The van der Waals surface area contributed by atoms with Gasteiger partial charge in [-0.2, -0.15) is 0 Å². The standard InChI is InChI=1S/C14H12Br2FN/c1-8-10(3-2-4-12(8)16)14(18)11-7-9(15)5-6-13(11)17/h2-7,14H,18H2,1H3. The van der Waals surface area contributed by atoms with Crippen LogP contribution in [0.2, 0.25) is 0 Å². The van der Waals surface area contributed by atoms with E-state index in [2.05, 4.69) is 31.9 Å². The summed E-state index contributed by atoms with van der Waals surface area (Å²) < 4.78 is 15.6. The van der Waals surface area contributed by atoms with Crippen molar-refractivity contribution in [2.24, 2.45) is 5.73 Å². The molecule has 0 saturated heterocycles. The molecule has 1 atom stereocenters. The summed E-state index contributed by atoms with van der Waals surface area (Å²) in [6.45, 7) is 1.97. The molecular formula is C14H12Br2FN. The predicted octanol–water partition coefficient (Wildman–Crippen LogP) is 4.71. The zero-order valence-electron chi connectivity index (χ0n) is 9.75. The Hall–Kier alpha value is -0.710. The molecule has 0 aliphatic carbocycles. The van der Waals surface area contributed by atoms with Gasteiger partial charge in [-0.15, -0.1) is 0 Å². The highest BCUT2D eigenvalue weighted by Crippen LogP contribution is 2.30. The smallest absolute Gasteiger partial charge is 0.128 e. The molecule has 2 aromatic rings. The molecule has 0 bridgehead atoms. The van der Waals surface area contributed by atoms with Crippen LogP contribution in [0.25, 0.3) is 0 Å². The Kier molecular flexibility index (Phi) is 4.20. The second-order valence-corrected chi connectivity index (χ2v) is 5.87. The van der Waals surface area contributed by atoms with Gasteiger partial charge in [0, 0.05) is 14.5 Å². The summed E-state index contributed by atoms with van der Waals surface area (Å²) in [5.41, 5.74) is 8.62. The molecule has 94 valence electrons. The van der Waals surface area contributed by atoms with Gasteiger partial charge in [-0.25, -0.2) is 4.39 Å². The first-order valence-electron chi connectivity index (χ1n) is 5.46. The van der Waals surface area contributed by atoms with Crippen LogP contribution in [0.5, 0.6) is 0 Å². The maximum atomic E-state index is 13.8. The highest BCUT2D eigenvalue weighted by Gasteiger charge is 2.16. The number of hydrogen-bond donors (Lipinski definition) is 1. The second-order valence-electron chi connectivity index (χ2n) is 4.10. The van der Waals surface area contributed by atoms with Crippen molar-refractivity contribution < 1.29 is 4.39 Å². The summed E-state index contributed by atoms with van der Waals surface area (Å²) in [6.07, 6.45) is 0. The van der Waals surface area contributed by atoms with Crippen molar-refractivity contribution in [1.82, 2.24) is 0 Å². The van der Waals surface area contributed by atoms with Crippen molar-refractivity contribution in [2.75, 3.05) is 0 Å². The lowest BCUT2D eigenvalue weighted by molar-refractivity contribution is 0.599. The molecule has 0 spiro atoms. The SMILES string of the molecule is Cc1c(Br)cccc1C(N)c1cc(Br)ccc1F. The minimum absolute atomic E-state index is 0.287. The molecule has 18 heavy (non-hydrogen) atoms. The molecule has 0 aromatic heterocycles. The predicted molar refractivity (Wildman–Crippen MR) is 79.0 cm³/mol. The maximum absolute atomic E-state index is 13.8. The summed E-state index contributed by atoms with van der Waals surface area (Å²) >= 11 is 6.80. The first kappa shape index (κ1) is 13.7. The maximum Gasteiger partial charge on any atom is 0.128 e. The van der Waals surface area contributed by atoms with Gasteiger partial charge in [-0.1, -0.05) is 44.0 Å². The monoisotopic (exact) mass is 371 g/mol.